The third-order valence-corrected chi connectivity index (χ3v) is 7.04. The molecule has 3 heterocycles. The van der Waals surface area contributed by atoms with Gasteiger partial charge in [-0.25, -0.2) is 4.39 Å². The minimum Gasteiger partial charge on any atom is -0.379 e. The Balaban J connectivity index is 0.00000306. The molecule has 3 saturated heterocycles. The molecule has 0 bridgehead atoms. The number of nitrogens with one attached hydrogen (secondary N) is 1. The Morgan fingerprint density at radius 2 is 1.85 bits per heavy atom. The predicted octanol–water partition coefficient (Wildman–Crippen LogP) is 2.32. The SMILES string of the molecule is CCN1CCN(c2ccc(CNC(=NC)N3CCC(CN4CCOCC4)C3)cc2F)CC1.I. The van der Waals surface area contributed by atoms with Crippen LogP contribution in [0.1, 0.15) is 18.9 Å². The van der Waals surface area contributed by atoms with Crippen LogP contribution in [0.2, 0.25) is 0 Å². The maximum absolute atomic E-state index is 14.9. The first-order valence-corrected chi connectivity index (χ1v) is 12.2. The fraction of sp³-hybridized carbons (Fsp3) is 0.708. The van der Waals surface area contributed by atoms with Gasteiger partial charge in [0.25, 0.3) is 0 Å². The van der Waals surface area contributed by atoms with E-state index in [9.17, 15) is 4.39 Å². The molecule has 0 spiro atoms. The van der Waals surface area contributed by atoms with Gasteiger partial charge in [0, 0.05) is 72.5 Å². The van der Waals surface area contributed by atoms with Crippen LogP contribution in [-0.2, 0) is 11.3 Å². The first-order valence-electron chi connectivity index (χ1n) is 12.2. The normalized spacial score (nSPS) is 23.0. The van der Waals surface area contributed by atoms with Crippen LogP contribution in [0, 0.1) is 11.7 Å². The van der Waals surface area contributed by atoms with E-state index in [1.54, 1.807) is 6.07 Å². The van der Waals surface area contributed by atoms with E-state index in [0.717, 1.165) is 95.9 Å². The molecule has 7 nitrogen and oxygen atoms in total. The zero-order valence-electron chi connectivity index (χ0n) is 20.1. The van der Waals surface area contributed by atoms with Crippen LogP contribution in [0.3, 0.4) is 0 Å². The lowest BCUT2D eigenvalue weighted by atomic mass is 10.1. The molecule has 1 unspecified atom stereocenters. The second-order valence-electron chi connectivity index (χ2n) is 9.12. The van der Waals surface area contributed by atoms with Crippen molar-refractivity contribution in [2.24, 2.45) is 10.9 Å². The van der Waals surface area contributed by atoms with Gasteiger partial charge in [-0.15, -0.1) is 24.0 Å². The maximum atomic E-state index is 14.9. The number of rotatable bonds is 6. The molecule has 3 aliphatic heterocycles. The van der Waals surface area contributed by atoms with Gasteiger partial charge in [0.1, 0.15) is 5.82 Å². The Morgan fingerprint density at radius 1 is 1.09 bits per heavy atom. The second-order valence-corrected chi connectivity index (χ2v) is 9.12. The van der Waals surface area contributed by atoms with Crippen molar-refractivity contribution >= 4 is 35.6 Å². The quantitative estimate of drug-likeness (QED) is 0.320. The summed E-state index contributed by atoms with van der Waals surface area (Å²) in [5.74, 6) is 1.45. The molecule has 0 amide bonds. The summed E-state index contributed by atoms with van der Waals surface area (Å²) in [7, 11) is 1.83. The lowest BCUT2D eigenvalue weighted by Crippen LogP contribution is -2.46. The topological polar surface area (TPSA) is 46.6 Å². The number of aliphatic imine (C=N–C) groups is 1. The largest absolute Gasteiger partial charge is 0.379 e. The molecule has 1 N–H and O–H groups in total. The van der Waals surface area contributed by atoms with Crippen molar-refractivity contribution in [3.8, 4) is 0 Å². The number of morpholine rings is 1. The monoisotopic (exact) mass is 574 g/mol. The predicted molar refractivity (Wildman–Crippen MR) is 143 cm³/mol. The Morgan fingerprint density at radius 3 is 2.52 bits per heavy atom. The number of ether oxygens (including phenoxy) is 1. The van der Waals surface area contributed by atoms with Gasteiger partial charge < -0.3 is 24.8 Å². The molecular weight excluding hydrogens is 534 g/mol. The Hall–Kier alpha value is -1.17. The van der Waals surface area contributed by atoms with Gasteiger partial charge in [0.05, 0.1) is 18.9 Å². The summed E-state index contributed by atoms with van der Waals surface area (Å²) in [6.45, 7) is 14.5. The number of likely N-dealkylation sites (tertiary alicyclic amines) is 1. The van der Waals surface area contributed by atoms with Crippen LogP contribution in [0.15, 0.2) is 23.2 Å². The van der Waals surface area contributed by atoms with Crippen LogP contribution < -0.4 is 10.2 Å². The van der Waals surface area contributed by atoms with E-state index in [1.165, 1.54) is 6.42 Å². The third kappa shape index (κ3) is 7.16. The van der Waals surface area contributed by atoms with E-state index in [1.807, 2.05) is 19.2 Å². The van der Waals surface area contributed by atoms with Crippen LogP contribution >= 0.6 is 24.0 Å². The zero-order chi connectivity index (χ0) is 22.3. The molecule has 1 aromatic rings. The molecule has 3 fully saturated rings. The van der Waals surface area contributed by atoms with Crippen LogP contribution in [0.5, 0.6) is 0 Å². The van der Waals surface area contributed by atoms with Crippen molar-refractivity contribution in [1.29, 1.82) is 0 Å². The first kappa shape index (κ1) is 26.4. The summed E-state index contributed by atoms with van der Waals surface area (Å²) in [6.07, 6.45) is 1.19. The highest BCUT2D eigenvalue weighted by atomic mass is 127. The molecule has 4 rings (SSSR count). The molecule has 0 aliphatic carbocycles. The minimum absolute atomic E-state index is 0. The number of nitrogens with zero attached hydrogens (tertiary/aromatic N) is 5. The van der Waals surface area contributed by atoms with Crippen LogP contribution in [0.4, 0.5) is 10.1 Å². The molecular formula is C24H40FIN6O. The van der Waals surface area contributed by atoms with E-state index in [4.69, 9.17) is 4.74 Å². The highest BCUT2D eigenvalue weighted by molar-refractivity contribution is 14.0. The smallest absolute Gasteiger partial charge is 0.193 e. The Labute approximate surface area is 215 Å². The molecule has 3 aliphatic rings. The van der Waals surface area contributed by atoms with Crippen molar-refractivity contribution in [2.75, 3.05) is 90.6 Å². The van der Waals surface area contributed by atoms with Gasteiger partial charge in [0.15, 0.2) is 5.96 Å². The van der Waals surface area contributed by atoms with Crippen LogP contribution in [-0.4, -0.2) is 106 Å². The third-order valence-electron chi connectivity index (χ3n) is 7.04. The average Bonchev–Trinajstić information content (AvgIpc) is 3.28. The lowest BCUT2D eigenvalue weighted by molar-refractivity contribution is 0.0315. The Bertz CT molecular complexity index is 767. The van der Waals surface area contributed by atoms with E-state index in [-0.39, 0.29) is 29.8 Å². The number of piperazine rings is 1. The van der Waals surface area contributed by atoms with Crippen LogP contribution in [0.25, 0.3) is 0 Å². The minimum atomic E-state index is -0.129. The van der Waals surface area contributed by atoms with Gasteiger partial charge in [-0.05, 0) is 36.6 Å². The zero-order valence-corrected chi connectivity index (χ0v) is 22.5. The molecule has 0 radical (unpaired) electrons. The van der Waals surface area contributed by atoms with Gasteiger partial charge in [-0.3, -0.25) is 9.89 Å². The van der Waals surface area contributed by atoms with Crippen molar-refractivity contribution in [3.63, 3.8) is 0 Å². The van der Waals surface area contributed by atoms with Gasteiger partial charge in [-0.2, -0.15) is 0 Å². The molecule has 186 valence electrons. The molecule has 0 aromatic heterocycles. The summed E-state index contributed by atoms with van der Waals surface area (Å²) in [4.78, 5) is 13.9. The maximum Gasteiger partial charge on any atom is 0.193 e. The number of hydrogen-bond donors (Lipinski definition) is 1. The second kappa shape index (κ2) is 13.1. The number of guanidine groups is 1. The average molecular weight is 575 g/mol. The van der Waals surface area contributed by atoms with Crippen molar-refractivity contribution < 1.29 is 9.13 Å². The molecule has 1 atom stereocenters. The van der Waals surface area contributed by atoms with Crippen molar-refractivity contribution in [3.05, 3.63) is 29.6 Å². The van der Waals surface area contributed by atoms with Gasteiger partial charge in [0.2, 0.25) is 0 Å². The summed E-state index contributed by atoms with van der Waals surface area (Å²) in [5.41, 5.74) is 1.67. The van der Waals surface area contributed by atoms with Gasteiger partial charge in [-0.1, -0.05) is 13.0 Å². The number of likely N-dealkylation sites (N-methyl/N-ethyl adjacent to an activating group) is 1. The van der Waals surface area contributed by atoms with Crippen molar-refractivity contribution in [1.82, 2.24) is 20.0 Å². The Kier molecular flexibility index (Phi) is 10.5. The van der Waals surface area contributed by atoms with Crippen molar-refractivity contribution in [2.45, 2.75) is 19.9 Å². The molecule has 1 aromatic carbocycles. The number of halogens is 2. The standard InChI is InChI=1S/C24H39FN6O.HI/c1-3-28-8-10-30(11-9-28)23-5-4-20(16-22(23)25)17-27-24(26-2)31-7-6-21(19-31)18-29-12-14-32-15-13-29;/h4-5,16,21H,3,6-15,17-19H2,1-2H3,(H,26,27);1H. The summed E-state index contributed by atoms with van der Waals surface area (Å²) in [6, 6.07) is 5.65. The molecule has 0 saturated carbocycles. The highest BCUT2D eigenvalue weighted by Crippen LogP contribution is 2.22. The number of hydrogen-bond acceptors (Lipinski definition) is 5. The summed E-state index contributed by atoms with van der Waals surface area (Å²) < 4.78 is 20.3. The van der Waals surface area contributed by atoms with Gasteiger partial charge >= 0.3 is 0 Å². The first-order chi connectivity index (χ1) is 15.7. The fourth-order valence-electron chi connectivity index (χ4n) is 5.06. The molecule has 33 heavy (non-hydrogen) atoms. The van der Waals surface area contributed by atoms with E-state index in [2.05, 4.69) is 36.8 Å². The van der Waals surface area contributed by atoms with E-state index in [0.29, 0.717) is 12.5 Å². The lowest BCUT2D eigenvalue weighted by Gasteiger charge is -2.35. The summed E-state index contributed by atoms with van der Waals surface area (Å²) >= 11 is 0. The fourth-order valence-corrected chi connectivity index (χ4v) is 5.06. The number of anilines is 1. The van der Waals surface area contributed by atoms with E-state index >= 15 is 0 Å². The summed E-state index contributed by atoms with van der Waals surface area (Å²) in [5, 5.41) is 3.45. The highest BCUT2D eigenvalue weighted by Gasteiger charge is 2.27. The molecule has 9 heteroatoms. The van der Waals surface area contributed by atoms with E-state index < -0.39 is 0 Å². The number of benzene rings is 1.